The number of anilines is 1. The van der Waals surface area contributed by atoms with Crippen LogP contribution in [0.25, 0.3) is 0 Å². The van der Waals surface area contributed by atoms with Crippen LogP contribution in [0.1, 0.15) is 5.56 Å². The summed E-state index contributed by atoms with van der Waals surface area (Å²) in [6.07, 6.45) is 0.817. The lowest BCUT2D eigenvalue weighted by Crippen LogP contribution is -2.29. The number of amides is 1. The zero-order chi connectivity index (χ0) is 16.7. The normalized spacial score (nSPS) is 10.4. The Balaban J connectivity index is 1.73. The van der Waals surface area contributed by atoms with E-state index in [1.807, 2.05) is 24.3 Å². The van der Waals surface area contributed by atoms with Crippen molar-refractivity contribution < 1.29 is 9.53 Å². The molecule has 2 aromatic rings. The highest BCUT2D eigenvalue weighted by atomic mass is 35.5. The molecule has 0 aromatic heterocycles. The molecule has 0 spiro atoms. The monoisotopic (exact) mass is 352 g/mol. The zero-order valence-corrected chi connectivity index (χ0v) is 14.2. The second-order valence-electron chi connectivity index (χ2n) is 4.96. The Morgan fingerprint density at radius 3 is 2.70 bits per heavy atom. The first-order chi connectivity index (χ1) is 11.1. The van der Waals surface area contributed by atoms with Crippen molar-refractivity contribution in [1.82, 2.24) is 5.32 Å². The van der Waals surface area contributed by atoms with E-state index in [0.29, 0.717) is 22.3 Å². The number of carbonyl (C=O) groups excluding carboxylic acids is 1. The molecule has 0 aliphatic rings. The molecule has 2 aromatic carbocycles. The summed E-state index contributed by atoms with van der Waals surface area (Å²) in [4.78, 5) is 11.9. The molecule has 0 saturated carbocycles. The number of methoxy groups -OCH3 is 1. The number of hydrogen-bond acceptors (Lipinski definition) is 3. The van der Waals surface area contributed by atoms with E-state index >= 15 is 0 Å². The highest BCUT2D eigenvalue weighted by molar-refractivity contribution is 6.42. The third-order valence-corrected chi connectivity index (χ3v) is 3.95. The smallest absolute Gasteiger partial charge is 0.238 e. The SMILES string of the molecule is COc1cccc(CCNCC(=O)Nc2ccc(Cl)c(Cl)c2)c1. The topological polar surface area (TPSA) is 50.4 Å². The number of ether oxygens (including phenoxy) is 1. The lowest BCUT2D eigenvalue weighted by molar-refractivity contribution is -0.115. The Morgan fingerprint density at radius 2 is 1.96 bits per heavy atom. The number of hydrogen-bond donors (Lipinski definition) is 2. The number of halogens is 2. The van der Waals surface area contributed by atoms with Crippen molar-refractivity contribution in [3.05, 3.63) is 58.1 Å². The summed E-state index contributed by atoms with van der Waals surface area (Å²) in [5.41, 5.74) is 1.78. The van der Waals surface area contributed by atoms with Gasteiger partial charge < -0.3 is 15.4 Å². The Labute approximate surface area is 145 Å². The molecule has 0 unspecified atom stereocenters. The predicted molar refractivity (Wildman–Crippen MR) is 94.7 cm³/mol. The van der Waals surface area contributed by atoms with Gasteiger partial charge in [-0.15, -0.1) is 0 Å². The van der Waals surface area contributed by atoms with E-state index < -0.39 is 0 Å². The van der Waals surface area contributed by atoms with Crippen LogP contribution in [0, 0.1) is 0 Å². The van der Waals surface area contributed by atoms with Gasteiger partial charge in [0.2, 0.25) is 5.91 Å². The van der Waals surface area contributed by atoms with E-state index in [2.05, 4.69) is 10.6 Å². The van der Waals surface area contributed by atoms with Crippen LogP contribution < -0.4 is 15.4 Å². The molecular weight excluding hydrogens is 335 g/mol. The van der Waals surface area contributed by atoms with Gasteiger partial charge in [-0.3, -0.25) is 4.79 Å². The van der Waals surface area contributed by atoms with Crippen LogP contribution in [0.15, 0.2) is 42.5 Å². The first kappa shape index (κ1) is 17.6. The average molecular weight is 353 g/mol. The number of benzene rings is 2. The molecule has 23 heavy (non-hydrogen) atoms. The summed E-state index contributed by atoms with van der Waals surface area (Å²) < 4.78 is 5.18. The van der Waals surface area contributed by atoms with E-state index in [1.54, 1.807) is 25.3 Å². The molecule has 0 fully saturated rings. The molecule has 0 aliphatic carbocycles. The van der Waals surface area contributed by atoms with Crippen molar-refractivity contribution in [3.63, 3.8) is 0 Å². The lowest BCUT2D eigenvalue weighted by Gasteiger charge is -2.08. The summed E-state index contributed by atoms with van der Waals surface area (Å²) in [7, 11) is 1.64. The van der Waals surface area contributed by atoms with Gasteiger partial charge in [0.05, 0.1) is 23.7 Å². The summed E-state index contributed by atoms with van der Waals surface area (Å²) in [5, 5.41) is 6.74. The van der Waals surface area contributed by atoms with E-state index in [4.69, 9.17) is 27.9 Å². The summed E-state index contributed by atoms with van der Waals surface area (Å²) in [6, 6.07) is 12.8. The van der Waals surface area contributed by atoms with Crippen LogP contribution in [0.5, 0.6) is 5.75 Å². The molecular formula is C17H18Cl2N2O2. The lowest BCUT2D eigenvalue weighted by atomic mass is 10.1. The molecule has 0 radical (unpaired) electrons. The minimum absolute atomic E-state index is 0.131. The van der Waals surface area contributed by atoms with Crippen LogP contribution in [0.2, 0.25) is 10.0 Å². The highest BCUT2D eigenvalue weighted by Gasteiger charge is 2.04. The van der Waals surface area contributed by atoms with Crippen molar-refractivity contribution >= 4 is 34.8 Å². The Morgan fingerprint density at radius 1 is 1.13 bits per heavy atom. The minimum Gasteiger partial charge on any atom is -0.497 e. The van der Waals surface area contributed by atoms with Crippen molar-refractivity contribution in [3.8, 4) is 5.75 Å². The predicted octanol–water partition coefficient (Wildman–Crippen LogP) is 3.77. The highest BCUT2D eigenvalue weighted by Crippen LogP contribution is 2.24. The van der Waals surface area contributed by atoms with Gasteiger partial charge in [0.1, 0.15) is 5.75 Å². The van der Waals surface area contributed by atoms with Crippen molar-refractivity contribution in [1.29, 1.82) is 0 Å². The second-order valence-corrected chi connectivity index (χ2v) is 5.77. The van der Waals surface area contributed by atoms with Crippen molar-refractivity contribution in [2.45, 2.75) is 6.42 Å². The van der Waals surface area contributed by atoms with Crippen LogP contribution in [-0.2, 0) is 11.2 Å². The van der Waals surface area contributed by atoms with E-state index in [9.17, 15) is 4.79 Å². The summed E-state index contributed by atoms with van der Waals surface area (Å²) >= 11 is 11.7. The van der Waals surface area contributed by atoms with Crippen LogP contribution in [0.4, 0.5) is 5.69 Å². The quantitative estimate of drug-likeness (QED) is 0.745. The van der Waals surface area contributed by atoms with Gasteiger partial charge in [-0.2, -0.15) is 0 Å². The first-order valence-corrected chi connectivity index (χ1v) is 7.92. The zero-order valence-electron chi connectivity index (χ0n) is 12.7. The summed E-state index contributed by atoms with van der Waals surface area (Å²) in [6.45, 7) is 0.923. The molecule has 2 rings (SSSR count). The maximum Gasteiger partial charge on any atom is 0.238 e. The van der Waals surface area contributed by atoms with Gasteiger partial charge >= 0.3 is 0 Å². The molecule has 0 bridgehead atoms. The molecule has 0 saturated heterocycles. The molecule has 1 amide bonds. The maximum absolute atomic E-state index is 11.9. The van der Waals surface area contributed by atoms with Gasteiger partial charge in [0, 0.05) is 5.69 Å². The molecule has 0 atom stereocenters. The van der Waals surface area contributed by atoms with Gasteiger partial charge in [-0.25, -0.2) is 0 Å². The van der Waals surface area contributed by atoms with Crippen LogP contribution in [0.3, 0.4) is 0 Å². The van der Waals surface area contributed by atoms with Crippen molar-refractivity contribution in [2.75, 3.05) is 25.5 Å². The van der Waals surface area contributed by atoms with Gasteiger partial charge in [0.25, 0.3) is 0 Å². The molecule has 6 heteroatoms. The van der Waals surface area contributed by atoms with Gasteiger partial charge in [-0.05, 0) is 48.9 Å². The van der Waals surface area contributed by atoms with Crippen LogP contribution in [-0.4, -0.2) is 26.1 Å². The molecule has 4 nitrogen and oxygen atoms in total. The minimum atomic E-state index is -0.131. The van der Waals surface area contributed by atoms with Crippen molar-refractivity contribution in [2.24, 2.45) is 0 Å². The first-order valence-electron chi connectivity index (χ1n) is 7.17. The summed E-state index contributed by atoms with van der Waals surface area (Å²) in [5.74, 6) is 0.703. The molecule has 0 heterocycles. The van der Waals surface area contributed by atoms with Gasteiger partial charge in [0.15, 0.2) is 0 Å². The van der Waals surface area contributed by atoms with Crippen LogP contribution >= 0.6 is 23.2 Å². The molecule has 2 N–H and O–H groups in total. The third-order valence-electron chi connectivity index (χ3n) is 3.21. The number of rotatable bonds is 7. The second kappa shape index (κ2) is 8.77. The average Bonchev–Trinajstić information content (AvgIpc) is 2.55. The van der Waals surface area contributed by atoms with Gasteiger partial charge in [-0.1, -0.05) is 35.3 Å². The number of carbonyl (C=O) groups is 1. The van der Waals surface area contributed by atoms with E-state index in [0.717, 1.165) is 17.7 Å². The molecule has 0 aliphatic heterocycles. The molecule has 122 valence electrons. The Hall–Kier alpha value is -1.75. The fourth-order valence-corrected chi connectivity index (χ4v) is 2.34. The number of nitrogens with one attached hydrogen (secondary N) is 2. The third kappa shape index (κ3) is 5.75. The largest absolute Gasteiger partial charge is 0.497 e. The Bertz CT molecular complexity index is 677. The fraction of sp³-hybridized carbons (Fsp3) is 0.235. The standard InChI is InChI=1S/C17H18Cl2N2O2/c1-23-14-4-2-3-12(9-14)7-8-20-11-17(22)21-13-5-6-15(18)16(19)10-13/h2-6,9-10,20H,7-8,11H2,1H3,(H,21,22). The van der Waals surface area contributed by atoms with E-state index in [1.165, 1.54) is 0 Å². The maximum atomic E-state index is 11.9. The fourth-order valence-electron chi connectivity index (χ4n) is 2.04. The Kier molecular flexibility index (Phi) is 6.71. The van der Waals surface area contributed by atoms with E-state index in [-0.39, 0.29) is 12.5 Å².